The third-order valence-corrected chi connectivity index (χ3v) is 7.32. The second-order valence-electron chi connectivity index (χ2n) is 9.65. The van der Waals surface area contributed by atoms with E-state index < -0.39 is 0 Å². The molecule has 4 rings (SSSR count). The van der Waals surface area contributed by atoms with Gasteiger partial charge in [-0.2, -0.15) is 0 Å². The van der Waals surface area contributed by atoms with E-state index in [1.54, 1.807) is 6.92 Å². The molecule has 0 spiro atoms. The lowest BCUT2D eigenvalue weighted by atomic mass is 9.90. The summed E-state index contributed by atoms with van der Waals surface area (Å²) in [5, 5.41) is 0. The molecule has 2 heterocycles. The highest BCUT2D eigenvalue weighted by Gasteiger charge is 2.20. The van der Waals surface area contributed by atoms with Gasteiger partial charge in [0.1, 0.15) is 5.82 Å². The number of nitrogens with zero attached hydrogens (tertiary/aromatic N) is 2. The van der Waals surface area contributed by atoms with E-state index in [0.717, 1.165) is 69.5 Å². The molecule has 0 aromatic heterocycles. The van der Waals surface area contributed by atoms with Gasteiger partial charge in [-0.25, -0.2) is 4.39 Å². The minimum absolute atomic E-state index is 0.125. The maximum absolute atomic E-state index is 13.1. The summed E-state index contributed by atoms with van der Waals surface area (Å²) >= 11 is 0. The van der Waals surface area contributed by atoms with Gasteiger partial charge in [0, 0.05) is 38.5 Å². The molecule has 0 bridgehead atoms. The molecule has 5 heteroatoms. The van der Waals surface area contributed by atoms with E-state index in [1.165, 1.54) is 36.1 Å². The number of rotatable bonds is 7. The summed E-state index contributed by atoms with van der Waals surface area (Å²) in [7, 11) is 0. The smallest absolute Gasteiger partial charge is 0.219 e. The Balaban J connectivity index is 1.20. The van der Waals surface area contributed by atoms with E-state index in [2.05, 4.69) is 17.0 Å². The van der Waals surface area contributed by atoms with Crippen LogP contribution >= 0.6 is 0 Å². The third-order valence-electron chi connectivity index (χ3n) is 7.32. The largest absolute Gasteiger partial charge is 0.342 e. The van der Waals surface area contributed by atoms with Crippen molar-refractivity contribution >= 4 is 11.7 Å². The number of carbonyl (C=O) groups is 2. The zero-order chi connectivity index (χ0) is 23.2. The van der Waals surface area contributed by atoms with E-state index in [1.807, 2.05) is 23.1 Å². The average Bonchev–Trinajstić information content (AvgIpc) is 3.04. The Bertz CT molecular complexity index is 964. The molecule has 0 N–H and O–H groups in total. The van der Waals surface area contributed by atoms with Crippen LogP contribution in [0, 0.1) is 11.7 Å². The van der Waals surface area contributed by atoms with Crippen molar-refractivity contribution in [2.24, 2.45) is 5.92 Å². The second-order valence-corrected chi connectivity index (χ2v) is 9.65. The molecule has 0 radical (unpaired) electrons. The first kappa shape index (κ1) is 23.6. The van der Waals surface area contributed by atoms with Crippen LogP contribution in [0.25, 0.3) is 0 Å². The van der Waals surface area contributed by atoms with Gasteiger partial charge in [-0.1, -0.05) is 24.3 Å². The molecule has 2 aromatic rings. The quantitative estimate of drug-likeness (QED) is 0.555. The number of ketones is 1. The number of hydrogen-bond donors (Lipinski definition) is 0. The normalized spacial score (nSPS) is 17.5. The summed E-state index contributed by atoms with van der Waals surface area (Å²) in [6.07, 6.45) is 6.68. The van der Waals surface area contributed by atoms with Gasteiger partial charge in [0.2, 0.25) is 5.91 Å². The molecule has 0 unspecified atom stereocenters. The van der Waals surface area contributed by atoms with Gasteiger partial charge in [-0.15, -0.1) is 0 Å². The summed E-state index contributed by atoms with van der Waals surface area (Å²) in [4.78, 5) is 28.8. The van der Waals surface area contributed by atoms with Crippen LogP contribution in [0.2, 0.25) is 0 Å². The third kappa shape index (κ3) is 6.50. The summed E-state index contributed by atoms with van der Waals surface area (Å²) in [5.74, 6) is 0.865. The Morgan fingerprint density at radius 3 is 2.33 bits per heavy atom. The van der Waals surface area contributed by atoms with Crippen molar-refractivity contribution in [2.45, 2.75) is 58.4 Å². The Hall–Kier alpha value is -2.53. The first-order chi connectivity index (χ1) is 16.0. The van der Waals surface area contributed by atoms with Crippen molar-refractivity contribution in [3.05, 3.63) is 70.5 Å². The predicted molar refractivity (Wildman–Crippen MR) is 129 cm³/mol. The van der Waals surface area contributed by atoms with Crippen molar-refractivity contribution in [3.63, 3.8) is 0 Å². The van der Waals surface area contributed by atoms with Crippen LogP contribution in [-0.2, 0) is 24.2 Å². The summed E-state index contributed by atoms with van der Waals surface area (Å²) in [6.45, 7) is 6.14. The highest BCUT2D eigenvalue weighted by Crippen LogP contribution is 2.25. The van der Waals surface area contributed by atoms with Gasteiger partial charge >= 0.3 is 0 Å². The van der Waals surface area contributed by atoms with Gasteiger partial charge < -0.3 is 4.90 Å². The van der Waals surface area contributed by atoms with Crippen LogP contribution in [0.15, 0.2) is 42.5 Å². The molecule has 176 valence electrons. The van der Waals surface area contributed by atoms with Gasteiger partial charge in [0.05, 0.1) is 0 Å². The number of carbonyl (C=O) groups excluding carboxylic acids is 2. The highest BCUT2D eigenvalue weighted by atomic mass is 19.1. The fourth-order valence-corrected chi connectivity index (χ4v) is 5.19. The van der Waals surface area contributed by atoms with Crippen LogP contribution in [0.5, 0.6) is 0 Å². The van der Waals surface area contributed by atoms with Crippen molar-refractivity contribution in [3.8, 4) is 0 Å². The van der Waals surface area contributed by atoms with Gasteiger partial charge in [0.25, 0.3) is 0 Å². The number of likely N-dealkylation sites (tertiary alicyclic amines) is 1. The molecule has 0 atom stereocenters. The number of benzene rings is 2. The number of amides is 1. The number of fused-ring (bicyclic) bond motifs is 1. The van der Waals surface area contributed by atoms with Crippen LogP contribution in [0.4, 0.5) is 4.39 Å². The highest BCUT2D eigenvalue weighted by molar-refractivity contribution is 5.96. The van der Waals surface area contributed by atoms with Crippen molar-refractivity contribution in [1.82, 2.24) is 9.80 Å². The summed E-state index contributed by atoms with van der Waals surface area (Å²) < 4.78 is 13.1. The molecule has 0 aliphatic carbocycles. The maximum Gasteiger partial charge on any atom is 0.219 e. The molecule has 4 nitrogen and oxygen atoms in total. The first-order valence-electron chi connectivity index (χ1n) is 12.4. The SMILES string of the molecule is CC(=O)N1CCc2ccc(C(=O)CCCC3CCN(Cc4ccc(F)cc4)CC3)cc2CC1. The molecular weight excluding hydrogens is 415 g/mol. The lowest BCUT2D eigenvalue weighted by Gasteiger charge is -2.32. The van der Waals surface area contributed by atoms with E-state index in [9.17, 15) is 14.0 Å². The lowest BCUT2D eigenvalue weighted by molar-refractivity contribution is -0.128. The molecular formula is C28H35FN2O2. The minimum atomic E-state index is -0.183. The zero-order valence-corrected chi connectivity index (χ0v) is 19.7. The van der Waals surface area contributed by atoms with E-state index in [0.29, 0.717) is 12.3 Å². The molecule has 33 heavy (non-hydrogen) atoms. The van der Waals surface area contributed by atoms with Gasteiger partial charge in [-0.05, 0) is 92.4 Å². The van der Waals surface area contributed by atoms with E-state index in [-0.39, 0.29) is 17.5 Å². The van der Waals surface area contributed by atoms with E-state index >= 15 is 0 Å². The summed E-state index contributed by atoms with van der Waals surface area (Å²) in [6, 6.07) is 12.9. The molecule has 2 aliphatic heterocycles. The summed E-state index contributed by atoms with van der Waals surface area (Å²) in [5.41, 5.74) is 4.47. The molecule has 0 saturated carbocycles. The first-order valence-corrected chi connectivity index (χ1v) is 12.4. The fourth-order valence-electron chi connectivity index (χ4n) is 5.19. The molecule has 1 saturated heterocycles. The van der Waals surface area contributed by atoms with Gasteiger partial charge in [0.15, 0.2) is 5.78 Å². The standard InChI is InChI=1S/C28H35FN2O2/c1-21(32)31-17-13-24-7-8-26(19-25(24)14-18-31)28(33)4-2-3-22-11-15-30(16-12-22)20-23-5-9-27(29)10-6-23/h5-10,19,22H,2-4,11-18,20H2,1H3. The van der Waals surface area contributed by atoms with Crippen molar-refractivity contribution in [2.75, 3.05) is 26.2 Å². The monoisotopic (exact) mass is 450 g/mol. The van der Waals surface area contributed by atoms with Crippen LogP contribution in [0.1, 0.15) is 66.1 Å². The zero-order valence-electron chi connectivity index (χ0n) is 19.7. The van der Waals surface area contributed by atoms with Crippen molar-refractivity contribution < 1.29 is 14.0 Å². The molecule has 1 amide bonds. The van der Waals surface area contributed by atoms with E-state index in [4.69, 9.17) is 0 Å². The second kappa shape index (κ2) is 11.1. The van der Waals surface area contributed by atoms with Crippen LogP contribution in [-0.4, -0.2) is 47.7 Å². The van der Waals surface area contributed by atoms with Gasteiger partial charge in [-0.3, -0.25) is 14.5 Å². The molecule has 1 fully saturated rings. The number of halogens is 1. The number of Topliss-reactive ketones (excluding diaryl/α,β-unsaturated/α-hetero) is 1. The molecule has 2 aliphatic rings. The molecule has 2 aromatic carbocycles. The predicted octanol–water partition coefficient (Wildman–Crippen LogP) is 5.04. The number of hydrogen-bond acceptors (Lipinski definition) is 3. The Kier molecular flexibility index (Phi) is 7.92. The maximum atomic E-state index is 13.1. The lowest BCUT2D eigenvalue weighted by Crippen LogP contribution is -2.33. The Morgan fingerprint density at radius 1 is 0.939 bits per heavy atom. The number of piperidine rings is 1. The minimum Gasteiger partial charge on any atom is -0.342 e. The average molecular weight is 451 g/mol. The fraction of sp³-hybridized carbons (Fsp3) is 0.500. The van der Waals surface area contributed by atoms with Crippen LogP contribution < -0.4 is 0 Å². The Morgan fingerprint density at radius 2 is 1.64 bits per heavy atom. The Labute approximate surface area is 196 Å². The van der Waals surface area contributed by atoms with Crippen molar-refractivity contribution in [1.29, 1.82) is 0 Å². The topological polar surface area (TPSA) is 40.6 Å². The van der Waals surface area contributed by atoms with Crippen LogP contribution in [0.3, 0.4) is 0 Å².